The Bertz CT molecular complexity index is 649. The van der Waals surface area contributed by atoms with Crippen LogP contribution < -0.4 is 0 Å². The minimum Gasteiger partial charge on any atom is -0.359 e. The smallest absolute Gasteiger partial charge is 0.276 e. The van der Waals surface area contributed by atoms with Gasteiger partial charge >= 0.3 is 0 Å². The van der Waals surface area contributed by atoms with Crippen molar-refractivity contribution in [2.24, 2.45) is 7.05 Å². The molecule has 0 aliphatic carbocycles. The molecule has 0 aromatic carbocycles. The molecule has 3 heterocycles. The van der Waals surface area contributed by atoms with Gasteiger partial charge in [0.15, 0.2) is 11.5 Å². The summed E-state index contributed by atoms with van der Waals surface area (Å²) in [6.45, 7) is 2.54. The average molecular weight is 295 g/mol. The van der Waals surface area contributed by atoms with E-state index < -0.39 is 0 Å². The van der Waals surface area contributed by atoms with Gasteiger partial charge in [0.25, 0.3) is 5.91 Å². The molecule has 1 saturated heterocycles. The van der Waals surface area contributed by atoms with Gasteiger partial charge in [-0.05, 0) is 19.8 Å². The van der Waals surface area contributed by atoms with Gasteiger partial charge in [0, 0.05) is 25.9 Å². The van der Waals surface area contributed by atoms with Crippen LogP contribution in [0.2, 0.25) is 5.02 Å². The molecule has 1 atom stereocenters. The number of hydrogen-bond acceptors (Lipinski definition) is 4. The van der Waals surface area contributed by atoms with Crippen LogP contribution in [0.1, 0.15) is 40.8 Å². The molecular weight excluding hydrogens is 280 g/mol. The van der Waals surface area contributed by atoms with Gasteiger partial charge in [-0.15, -0.1) is 0 Å². The van der Waals surface area contributed by atoms with E-state index in [9.17, 15) is 4.79 Å². The average Bonchev–Trinajstić information content (AvgIpc) is 3.08. The monoisotopic (exact) mass is 294 g/mol. The van der Waals surface area contributed by atoms with E-state index >= 15 is 0 Å². The van der Waals surface area contributed by atoms with E-state index in [1.165, 1.54) is 0 Å². The summed E-state index contributed by atoms with van der Waals surface area (Å²) in [5.41, 5.74) is 1.10. The lowest BCUT2D eigenvalue weighted by molar-refractivity contribution is 0.0708. The summed E-state index contributed by atoms with van der Waals surface area (Å²) >= 11 is 6.05. The van der Waals surface area contributed by atoms with Gasteiger partial charge in [-0.25, -0.2) is 0 Å². The maximum Gasteiger partial charge on any atom is 0.276 e. The van der Waals surface area contributed by atoms with E-state index in [0.29, 0.717) is 11.6 Å². The fourth-order valence-corrected chi connectivity index (χ4v) is 2.85. The lowest BCUT2D eigenvalue weighted by atomic mass is 10.1. The normalized spacial score (nSPS) is 18.8. The van der Waals surface area contributed by atoms with Crippen molar-refractivity contribution in [2.75, 3.05) is 6.54 Å². The van der Waals surface area contributed by atoms with Crippen LogP contribution in [-0.2, 0) is 7.05 Å². The molecule has 1 aliphatic heterocycles. The number of hydrogen-bond donors (Lipinski definition) is 0. The van der Waals surface area contributed by atoms with Crippen molar-refractivity contribution in [3.63, 3.8) is 0 Å². The highest BCUT2D eigenvalue weighted by atomic mass is 35.5. The van der Waals surface area contributed by atoms with Gasteiger partial charge < -0.3 is 9.42 Å². The number of carbonyl (C=O) groups excluding carboxylic acids is 1. The third-order valence-electron chi connectivity index (χ3n) is 3.47. The Morgan fingerprint density at radius 1 is 1.55 bits per heavy atom. The van der Waals surface area contributed by atoms with Gasteiger partial charge in [-0.2, -0.15) is 5.10 Å². The first kappa shape index (κ1) is 13.2. The molecule has 2 aromatic rings. The van der Waals surface area contributed by atoms with Crippen molar-refractivity contribution in [3.05, 3.63) is 34.4 Å². The second-order valence-electron chi connectivity index (χ2n) is 5.03. The molecule has 0 radical (unpaired) electrons. The van der Waals surface area contributed by atoms with E-state index in [4.69, 9.17) is 16.1 Å². The van der Waals surface area contributed by atoms with Crippen molar-refractivity contribution < 1.29 is 9.32 Å². The van der Waals surface area contributed by atoms with Crippen molar-refractivity contribution >= 4 is 17.5 Å². The van der Waals surface area contributed by atoms with Gasteiger partial charge in [0.05, 0.1) is 16.8 Å². The highest BCUT2D eigenvalue weighted by molar-refractivity contribution is 6.33. The summed E-state index contributed by atoms with van der Waals surface area (Å²) in [5.74, 6) is 0.563. The van der Waals surface area contributed by atoms with E-state index in [1.54, 1.807) is 22.8 Å². The van der Waals surface area contributed by atoms with Crippen LogP contribution in [0.25, 0.3) is 0 Å². The maximum absolute atomic E-state index is 12.6. The summed E-state index contributed by atoms with van der Waals surface area (Å²) in [6, 6.07) is 1.79. The van der Waals surface area contributed by atoms with Gasteiger partial charge in [0.1, 0.15) is 0 Å². The summed E-state index contributed by atoms with van der Waals surface area (Å²) < 4.78 is 6.84. The minimum absolute atomic E-state index is 0.0817. The number of rotatable bonds is 2. The maximum atomic E-state index is 12.6. The first-order valence-electron chi connectivity index (χ1n) is 6.49. The van der Waals surface area contributed by atoms with Crippen LogP contribution in [-0.4, -0.2) is 32.3 Å². The third-order valence-corrected chi connectivity index (χ3v) is 3.75. The summed E-state index contributed by atoms with van der Waals surface area (Å²) in [6.07, 6.45) is 3.42. The number of amides is 1. The summed E-state index contributed by atoms with van der Waals surface area (Å²) in [7, 11) is 1.74. The molecule has 0 unspecified atom stereocenters. The molecule has 1 aliphatic rings. The van der Waals surface area contributed by atoms with E-state index in [0.717, 1.165) is 24.3 Å². The number of halogens is 1. The molecule has 0 saturated carbocycles. The Morgan fingerprint density at radius 2 is 2.35 bits per heavy atom. The molecule has 2 aromatic heterocycles. The topological polar surface area (TPSA) is 64.2 Å². The first-order valence-corrected chi connectivity index (χ1v) is 6.87. The third kappa shape index (κ3) is 2.20. The summed E-state index contributed by atoms with van der Waals surface area (Å²) in [5, 5.41) is 8.40. The minimum atomic E-state index is -0.160. The quantitative estimate of drug-likeness (QED) is 0.853. The highest BCUT2D eigenvalue weighted by Crippen LogP contribution is 2.34. The van der Waals surface area contributed by atoms with Crippen LogP contribution in [0.15, 0.2) is 16.8 Å². The lowest BCUT2D eigenvalue weighted by Crippen LogP contribution is -2.31. The lowest BCUT2D eigenvalue weighted by Gasteiger charge is -2.21. The second-order valence-corrected chi connectivity index (χ2v) is 5.43. The number of aromatic nitrogens is 3. The Morgan fingerprint density at radius 3 is 2.95 bits per heavy atom. The molecule has 3 rings (SSSR count). The predicted octanol–water partition coefficient (Wildman–Crippen LogP) is 2.35. The van der Waals surface area contributed by atoms with E-state index in [-0.39, 0.29) is 17.6 Å². The fourth-order valence-electron chi connectivity index (χ4n) is 2.59. The molecule has 20 heavy (non-hydrogen) atoms. The van der Waals surface area contributed by atoms with E-state index in [1.807, 2.05) is 13.0 Å². The molecule has 0 spiro atoms. The van der Waals surface area contributed by atoms with Crippen LogP contribution in [0.4, 0.5) is 0 Å². The molecule has 0 bridgehead atoms. The zero-order valence-corrected chi connectivity index (χ0v) is 12.1. The molecular formula is C13H15ClN4O2. The Hall–Kier alpha value is -1.82. The number of aryl methyl sites for hydroxylation is 2. The van der Waals surface area contributed by atoms with Crippen molar-refractivity contribution in [1.29, 1.82) is 0 Å². The van der Waals surface area contributed by atoms with Gasteiger partial charge in [-0.3, -0.25) is 9.48 Å². The van der Waals surface area contributed by atoms with Crippen LogP contribution in [0.3, 0.4) is 0 Å². The Kier molecular flexibility index (Phi) is 3.25. The molecule has 1 fully saturated rings. The van der Waals surface area contributed by atoms with Crippen LogP contribution in [0, 0.1) is 6.92 Å². The zero-order chi connectivity index (χ0) is 14.3. The summed E-state index contributed by atoms with van der Waals surface area (Å²) in [4.78, 5) is 14.3. The zero-order valence-electron chi connectivity index (χ0n) is 11.3. The SMILES string of the molecule is Cc1cc([C@@H]2CCCN2C(=O)c2nn(C)cc2Cl)on1. The molecule has 0 N–H and O–H groups in total. The fraction of sp³-hybridized carbons (Fsp3) is 0.462. The second kappa shape index (κ2) is 4.94. The van der Waals surface area contributed by atoms with Crippen molar-refractivity contribution in [1.82, 2.24) is 19.8 Å². The number of carbonyl (C=O) groups is 1. The number of likely N-dealkylation sites (tertiary alicyclic amines) is 1. The molecule has 6 nitrogen and oxygen atoms in total. The molecule has 7 heteroatoms. The van der Waals surface area contributed by atoms with Crippen molar-refractivity contribution in [2.45, 2.75) is 25.8 Å². The standard InChI is InChI=1S/C13H15ClN4O2/c1-8-6-11(20-16-8)10-4-3-5-18(10)13(19)12-9(14)7-17(2)15-12/h6-7,10H,3-5H2,1-2H3/t10-/m0/s1. The first-order chi connectivity index (χ1) is 9.56. The van der Waals surface area contributed by atoms with Crippen LogP contribution >= 0.6 is 11.6 Å². The van der Waals surface area contributed by atoms with Crippen molar-refractivity contribution in [3.8, 4) is 0 Å². The largest absolute Gasteiger partial charge is 0.359 e. The predicted molar refractivity (Wildman–Crippen MR) is 72.5 cm³/mol. The van der Waals surface area contributed by atoms with Gasteiger partial charge in [-0.1, -0.05) is 16.8 Å². The highest BCUT2D eigenvalue weighted by Gasteiger charge is 2.35. The van der Waals surface area contributed by atoms with E-state index in [2.05, 4.69) is 10.3 Å². The van der Waals surface area contributed by atoms with Crippen LogP contribution in [0.5, 0.6) is 0 Å². The molecule has 106 valence electrons. The van der Waals surface area contributed by atoms with Gasteiger partial charge in [0.2, 0.25) is 0 Å². The Labute approximate surface area is 121 Å². The Balaban J connectivity index is 1.89. The molecule has 1 amide bonds. The number of nitrogens with zero attached hydrogens (tertiary/aromatic N) is 4.